The molecule has 8 heteroatoms. The van der Waals surface area contributed by atoms with Crippen molar-refractivity contribution in [2.24, 2.45) is 5.73 Å². The number of anilines is 1. The van der Waals surface area contributed by atoms with Gasteiger partial charge in [0.15, 0.2) is 0 Å². The Labute approximate surface area is 169 Å². The van der Waals surface area contributed by atoms with Gasteiger partial charge < -0.3 is 16.2 Å². The van der Waals surface area contributed by atoms with Crippen LogP contribution in [0.3, 0.4) is 0 Å². The predicted molar refractivity (Wildman–Crippen MR) is 110 cm³/mol. The van der Waals surface area contributed by atoms with Crippen molar-refractivity contribution < 1.29 is 13.9 Å². The van der Waals surface area contributed by atoms with Crippen LogP contribution in [-0.2, 0) is 0 Å². The zero-order chi connectivity index (χ0) is 20.3. The van der Waals surface area contributed by atoms with Crippen LogP contribution in [0.4, 0.5) is 10.2 Å². The molecule has 146 valence electrons. The highest BCUT2D eigenvalue weighted by molar-refractivity contribution is 9.10. The van der Waals surface area contributed by atoms with Crippen molar-refractivity contribution in [3.05, 3.63) is 44.9 Å². The number of nitrogens with zero attached hydrogens (tertiary/aromatic N) is 2. The van der Waals surface area contributed by atoms with Gasteiger partial charge in [0.2, 0.25) is 0 Å². The number of ether oxygens (including phenoxy) is 1. The van der Waals surface area contributed by atoms with Gasteiger partial charge >= 0.3 is 0 Å². The van der Waals surface area contributed by atoms with Crippen LogP contribution in [0.2, 0.25) is 0 Å². The van der Waals surface area contributed by atoms with Gasteiger partial charge in [-0.1, -0.05) is 0 Å². The highest BCUT2D eigenvalue weighted by Crippen LogP contribution is 2.46. The monoisotopic (exact) mass is 446 g/mol. The molecule has 6 nitrogen and oxygen atoms in total. The number of carbonyl (C=O) groups excluding carboxylic acids is 1. The Morgan fingerprint density at radius 2 is 2.04 bits per heavy atom. The molecule has 1 aliphatic rings. The first-order valence-electron chi connectivity index (χ1n) is 8.90. The minimum absolute atomic E-state index is 0.150. The number of halogens is 2. The lowest BCUT2D eigenvalue weighted by Gasteiger charge is -2.19. The molecule has 0 aliphatic heterocycles. The average molecular weight is 447 g/mol. The number of hydrogen-bond acceptors (Lipinski definition) is 4. The molecule has 1 aromatic carbocycles. The van der Waals surface area contributed by atoms with Crippen LogP contribution in [0.1, 0.15) is 45.9 Å². The van der Waals surface area contributed by atoms with Gasteiger partial charge in [-0.3, -0.25) is 14.3 Å². The number of nitrogens with two attached hydrogens (primary N) is 2. The molecular weight excluding hydrogens is 427 g/mol. The third-order valence-corrected chi connectivity index (χ3v) is 6.14. The van der Waals surface area contributed by atoms with Gasteiger partial charge in [-0.25, -0.2) is 4.39 Å². The lowest BCUT2D eigenvalue weighted by Crippen LogP contribution is -2.14. The summed E-state index contributed by atoms with van der Waals surface area (Å²) < 4.78 is 22.4. The number of benzene rings is 1. The summed E-state index contributed by atoms with van der Waals surface area (Å²) >= 11 is 3.65. The number of amides is 1. The largest absolute Gasteiger partial charge is 0.496 e. The van der Waals surface area contributed by atoms with Gasteiger partial charge in [-0.15, -0.1) is 0 Å². The molecular formula is C20H20BrFN4O2. The van der Waals surface area contributed by atoms with E-state index < -0.39 is 11.7 Å². The number of rotatable bonds is 4. The zero-order valence-electron chi connectivity index (χ0n) is 15.8. The van der Waals surface area contributed by atoms with E-state index in [1.807, 2.05) is 6.92 Å². The molecule has 1 amide bonds. The Morgan fingerprint density at radius 1 is 1.36 bits per heavy atom. The number of carbonyl (C=O) groups is 1. The lowest BCUT2D eigenvalue weighted by atomic mass is 10.1. The molecule has 1 saturated carbocycles. The molecule has 1 aliphatic carbocycles. The van der Waals surface area contributed by atoms with Crippen molar-refractivity contribution >= 4 is 38.6 Å². The Bertz CT molecular complexity index is 1150. The zero-order valence-corrected chi connectivity index (χ0v) is 17.4. The first-order chi connectivity index (χ1) is 13.3. The molecule has 0 radical (unpaired) electrons. The maximum Gasteiger partial charge on any atom is 0.253 e. The Morgan fingerprint density at radius 3 is 2.61 bits per heavy atom. The number of methoxy groups -OCH3 is 1. The van der Waals surface area contributed by atoms with E-state index in [-0.39, 0.29) is 11.4 Å². The molecule has 0 spiro atoms. The van der Waals surface area contributed by atoms with Crippen molar-refractivity contribution in [2.75, 3.05) is 12.8 Å². The molecule has 0 bridgehead atoms. The number of fused-ring (bicyclic) bond motifs is 1. The van der Waals surface area contributed by atoms with E-state index in [2.05, 4.69) is 20.9 Å². The van der Waals surface area contributed by atoms with Crippen LogP contribution >= 0.6 is 15.9 Å². The normalized spacial score (nSPS) is 13.9. The average Bonchev–Trinajstić information content (AvgIpc) is 3.43. The van der Waals surface area contributed by atoms with E-state index in [0.717, 1.165) is 23.0 Å². The Hall–Kier alpha value is -2.61. The van der Waals surface area contributed by atoms with Gasteiger partial charge in [-0.05, 0) is 42.6 Å². The number of pyridine rings is 1. The van der Waals surface area contributed by atoms with Crippen molar-refractivity contribution in [3.8, 4) is 11.4 Å². The van der Waals surface area contributed by atoms with Crippen LogP contribution in [0.15, 0.2) is 16.7 Å². The van der Waals surface area contributed by atoms with Crippen molar-refractivity contribution in [2.45, 2.75) is 32.6 Å². The fourth-order valence-corrected chi connectivity index (χ4v) is 4.60. The first-order valence-corrected chi connectivity index (χ1v) is 9.69. The second kappa shape index (κ2) is 6.48. The predicted octanol–water partition coefficient (Wildman–Crippen LogP) is 4.11. The molecule has 28 heavy (non-hydrogen) atoms. The molecule has 0 saturated heterocycles. The van der Waals surface area contributed by atoms with E-state index in [4.69, 9.17) is 16.2 Å². The summed E-state index contributed by atoms with van der Waals surface area (Å²) in [6.45, 7) is 3.50. The molecule has 2 heterocycles. The molecule has 3 aromatic rings. The molecule has 1 fully saturated rings. The Balaban J connectivity index is 2.19. The molecule has 0 atom stereocenters. The maximum absolute atomic E-state index is 14.7. The fourth-order valence-electron chi connectivity index (χ4n) is 3.79. The molecule has 4 N–H and O–H groups in total. The number of nitrogen functional groups attached to an aromatic ring is 1. The van der Waals surface area contributed by atoms with Crippen LogP contribution in [-0.4, -0.2) is 22.6 Å². The summed E-state index contributed by atoms with van der Waals surface area (Å²) in [6, 6.07) is 1.34. The fraction of sp³-hybridized carbons (Fsp3) is 0.300. The summed E-state index contributed by atoms with van der Waals surface area (Å²) in [5.74, 6) is -0.172. The van der Waals surface area contributed by atoms with Crippen LogP contribution in [0.25, 0.3) is 16.6 Å². The number of aromatic nitrogens is 2. The minimum atomic E-state index is -0.659. The van der Waals surface area contributed by atoms with Crippen LogP contribution < -0.4 is 16.2 Å². The van der Waals surface area contributed by atoms with Crippen molar-refractivity contribution in [1.82, 2.24) is 9.55 Å². The van der Waals surface area contributed by atoms with Crippen molar-refractivity contribution in [3.63, 3.8) is 0 Å². The van der Waals surface area contributed by atoms with Crippen LogP contribution in [0, 0.1) is 19.7 Å². The summed E-state index contributed by atoms with van der Waals surface area (Å²) in [5, 5.41) is 0.531. The summed E-state index contributed by atoms with van der Waals surface area (Å²) in [7, 11) is 1.48. The lowest BCUT2D eigenvalue weighted by molar-refractivity contribution is 0.100. The van der Waals surface area contributed by atoms with Gasteiger partial charge in [0.1, 0.15) is 17.4 Å². The second-order valence-electron chi connectivity index (χ2n) is 7.11. The third kappa shape index (κ3) is 2.58. The highest BCUT2D eigenvalue weighted by atomic mass is 79.9. The topological polar surface area (TPSA) is 96.2 Å². The minimum Gasteiger partial charge on any atom is -0.496 e. The third-order valence-electron chi connectivity index (χ3n) is 5.36. The summed E-state index contributed by atoms with van der Waals surface area (Å²) in [5.41, 5.74) is 15.4. The maximum atomic E-state index is 14.7. The van der Waals surface area contributed by atoms with Crippen LogP contribution in [0.5, 0.6) is 5.75 Å². The molecule has 0 unspecified atom stereocenters. The van der Waals surface area contributed by atoms with Crippen molar-refractivity contribution in [1.29, 1.82) is 0 Å². The second-order valence-corrected chi connectivity index (χ2v) is 7.91. The van der Waals surface area contributed by atoms with Gasteiger partial charge in [0, 0.05) is 34.7 Å². The van der Waals surface area contributed by atoms with E-state index in [9.17, 15) is 9.18 Å². The number of hydrogen-bond donors (Lipinski definition) is 2. The van der Waals surface area contributed by atoms with E-state index in [1.165, 1.54) is 13.2 Å². The molecule has 4 rings (SSSR count). The summed E-state index contributed by atoms with van der Waals surface area (Å²) in [6.07, 6.45) is 3.74. The van der Waals surface area contributed by atoms with Gasteiger partial charge in [0.25, 0.3) is 5.91 Å². The van der Waals surface area contributed by atoms with Gasteiger partial charge in [-0.2, -0.15) is 0 Å². The smallest absolute Gasteiger partial charge is 0.253 e. The Kier molecular flexibility index (Phi) is 4.33. The van der Waals surface area contributed by atoms with Gasteiger partial charge in [0.05, 0.1) is 34.0 Å². The van der Waals surface area contributed by atoms with E-state index in [0.29, 0.717) is 39.4 Å². The standard InChI is InChI=1S/C20H20BrFN4O2/c1-8-12(22)6-13(28-3)9(2)17(8)26-18-11(14(19(26)23)20(24)27)7-25-16(15(18)21)10-4-5-10/h6-7,10H,4-5,23H2,1-3H3,(H2,24,27). The van der Waals surface area contributed by atoms with E-state index in [1.54, 1.807) is 17.7 Å². The quantitative estimate of drug-likeness (QED) is 0.629. The number of primary amides is 1. The highest BCUT2D eigenvalue weighted by Gasteiger charge is 2.32. The van der Waals surface area contributed by atoms with E-state index >= 15 is 0 Å². The SMILES string of the molecule is COc1cc(F)c(C)c(-n2c(N)c(C(N)=O)c3cnc(C4CC4)c(Br)c32)c1C. The summed E-state index contributed by atoms with van der Waals surface area (Å²) in [4.78, 5) is 16.7. The molecule has 2 aromatic heterocycles. The first kappa shape index (κ1) is 18.7.